The van der Waals surface area contributed by atoms with Gasteiger partial charge in [0.05, 0.1) is 13.2 Å². The molecule has 0 atom stereocenters. The highest BCUT2D eigenvalue weighted by molar-refractivity contribution is 5.96. The number of rotatable bonds is 8. The maximum Gasteiger partial charge on any atom is 0.122 e. The fourth-order valence-electron chi connectivity index (χ4n) is 1.97. The molecule has 4 N–H and O–H groups in total. The number of nitrogens with two attached hydrogens (primary N) is 1. The SMILES string of the molecule is CC(=N)c1ccc(OCCCOc2ccc(C(=N)N)cc2)cc1. The van der Waals surface area contributed by atoms with Crippen LogP contribution in [-0.4, -0.2) is 24.8 Å². The molecule has 0 aliphatic heterocycles. The van der Waals surface area contributed by atoms with E-state index in [0.29, 0.717) is 24.5 Å². The molecule has 0 aliphatic rings. The van der Waals surface area contributed by atoms with Gasteiger partial charge in [0.15, 0.2) is 0 Å². The summed E-state index contributed by atoms with van der Waals surface area (Å²) in [6.07, 6.45) is 0.764. The average molecular weight is 311 g/mol. The first-order valence-electron chi connectivity index (χ1n) is 7.42. The lowest BCUT2D eigenvalue weighted by Gasteiger charge is -2.09. The van der Waals surface area contributed by atoms with E-state index in [2.05, 4.69) is 0 Å². The Bertz CT molecular complexity index is 604. The Labute approximate surface area is 136 Å². The molecule has 2 aromatic carbocycles. The zero-order valence-corrected chi connectivity index (χ0v) is 13.1. The Balaban J connectivity index is 1.69. The van der Waals surface area contributed by atoms with E-state index in [9.17, 15) is 0 Å². The highest BCUT2D eigenvalue weighted by atomic mass is 16.5. The minimum Gasteiger partial charge on any atom is -0.493 e. The highest BCUT2D eigenvalue weighted by Crippen LogP contribution is 2.14. The molecule has 5 nitrogen and oxygen atoms in total. The molecule has 0 spiro atoms. The predicted octanol–water partition coefficient (Wildman–Crippen LogP) is 3.21. The Morgan fingerprint density at radius 2 is 1.26 bits per heavy atom. The second-order valence-electron chi connectivity index (χ2n) is 5.14. The van der Waals surface area contributed by atoms with Crippen LogP contribution in [0.4, 0.5) is 0 Å². The molecule has 0 amide bonds. The van der Waals surface area contributed by atoms with Crippen molar-refractivity contribution in [3.05, 3.63) is 59.7 Å². The molecule has 5 heteroatoms. The van der Waals surface area contributed by atoms with Crippen LogP contribution in [0, 0.1) is 10.8 Å². The van der Waals surface area contributed by atoms with Crippen LogP contribution in [0.3, 0.4) is 0 Å². The molecule has 2 aromatic rings. The largest absolute Gasteiger partial charge is 0.493 e. The molecule has 23 heavy (non-hydrogen) atoms. The van der Waals surface area contributed by atoms with Crippen molar-refractivity contribution in [3.63, 3.8) is 0 Å². The summed E-state index contributed by atoms with van der Waals surface area (Å²) in [6.45, 7) is 2.88. The van der Waals surface area contributed by atoms with Gasteiger partial charge in [0.1, 0.15) is 17.3 Å². The third-order valence-corrected chi connectivity index (χ3v) is 3.28. The Morgan fingerprint density at radius 3 is 1.65 bits per heavy atom. The summed E-state index contributed by atoms with van der Waals surface area (Å²) in [5.41, 5.74) is 7.52. The lowest BCUT2D eigenvalue weighted by atomic mass is 10.1. The van der Waals surface area contributed by atoms with Crippen molar-refractivity contribution in [2.24, 2.45) is 5.73 Å². The minimum atomic E-state index is 0.0502. The highest BCUT2D eigenvalue weighted by Gasteiger charge is 1.99. The third-order valence-electron chi connectivity index (χ3n) is 3.28. The second kappa shape index (κ2) is 7.98. The molecular formula is C18H21N3O2. The van der Waals surface area contributed by atoms with Crippen LogP contribution in [0.15, 0.2) is 48.5 Å². The van der Waals surface area contributed by atoms with E-state index in [-0.39, 0.29) is 5.84 Å². The fraction of sp³-hybridized carbons (Fsp3) is 0.222. The molecule has 0 unspecified atom stereocenters. The minimum absolute atomic E-state index is 0.0502. The van der Waals surface area contributed by atoms with Gasteiger partial charge in [-0.25, -0.2) is 0 Å². The van der Waals surface area contributed by atoms with E-state index in [1.807, 2.05) is 24.3 Å². The van der Waals surface area contributed by atoms with Gasteiger partial charge >= 0.3 is 0 Å². The summed E-state index contributed by atoms with van der Waals surface area (Å²) in [5, 5.41) is 14.9. The summed E-state index contributed by atoms with van der Waals surface area (Å²) in [5.74, 6) is 1.59. The van der Waals surface area contributed by atoms with Crippen molar-refractivity contribution in [2.75, 3.05) is 13.2 Å². The van der Waals surface area contributed by atoms with Crippen molar-refractivity contribution in [1.29, 1.82) is 10.8 Å². The number of nitrogen functional groups attached to an aromatic ring is 1. The van der Waals surface area contributed by atoms with Crippen LogP contribution >= 0.6 is 0 Å². The monoisotopic (exact) mass is 311 g/mol. The van der Waals surface area contributed by atoms with Crippen LogP contribution in [0.1, 0.15) is 24.5 Å². The predicted molar refractivity (Wildman–Crippen MR) is 92.0 cm³/mol. The van der Waals surface area contributed by atoms with E-state index < -0.39 is 0 Å². The maximum atomic E-state index is 7.54. The summed E-state index contributed by atoms with van der Waals surface area (Å²) in [4.78, 5) is 0. The van der Waals surface area contributed by atoms with Gasteiger partial charge in [0, 0.05) is 17.7 Å². The summed E-state index contributed by atoms with van der Waals surface area (Å²) < 4.78 is 11.2. The topological polar surface area (TPSA) is 92.2 Å². The number of ether oxygens (including phenoxy) is 2. The molecular weight excluding hydrogens is 290 g/mol. The molecule has 0 bridgehead atoms. The van der Waals surface area contributed by atoms with E-state index in [0.717, 1.165) is 23.5 Å². The molecule has 2 rings (SSSR count). The van der Waals surface area contributed by atoms with E-state index >= 15 is 0 Å². The summed E-state index contributed by atoms with van der Waals surface area (Å²) in [7, 11) is 0. The fourth-order valence-corrected chi connectivity index (χ4v) is 1.97. The van der Waals surface area contributed by atoms with Gasteiger partial charge in [-0.15, -0.1) is 0 Å². The van der Waals surface area contributed by atoms with Crippen molar-refractivity contribution in [2.45, 2.75) is 13.3 Å². The quantitative estimate of drug-likeness (QED) is 0.397. The van der Waals surface area contributed by atoms with Gasteiger partial charge in [0.2, 0.25) is 0 Å². The van der Waals surface area contributed by atoms with Crippen molar-refractivity contribution >= 4 is 11.5 Å². The zero-order chi connectivity index (χ0) is 16.7. The maximum absolute atomic E-state index is 7.54. The Kier molecular flexibility index (Phi) is 5.74. The van der Waals surface area contributed by atoms with Crippen molar-refractivity contribution < 1.29 is 9.47 Å². The van der Waals surface area contributed by atoms with Crippen LogP contribution in [0.2, 0.25) is 0 Å². The molecule has 0 saturated carbocycles. The van der Waals surface area contributed by atoms with Gasteiger partial charge < -0.3 is 20.6 Å². The molecule has 0 saturated heterocycles. The van der Waals surface area contributed by atoms with Gasteiger partial charge in [-0.05, 0) is 61.0 Å². The lowest BCUT2D eigenvalue weighted by molar-refractivity contribution is 0.247. The Hall–Kier alpha value is -2.82. The second-order valence-corrected chi connectivity index (χ2v) is 5.14. The normalized spacial score (nSPS) is 10.1. The molecule has 0 radical (unpaired) electrons. The molecule has 0 aromatic heterocycles. The van der Waals surface area contributed by atoms with Crippen LogP contribution in [0.25, 0.3) is 0 Å². The van der Waals surface area contributed by atoms with E-state index in [1.165, 1.54) is 0 Å². The van der Waals surface area contributed by atoms with Crippen molar-refractivity contribution in [3.8, 4) is 11.5 Å². The molecule has 0 heterocycles. The number of nitrogens with one attached hydrogen (secondary N) is 2. The number of benzene rings is 2. The molecule has 0 fully saturated rings. The van der Waals surface area contributed by atoms with Crippen LogP contribution in [0.5, 0.6) is 11.5 Å². The molecule has 0 aliphatic carbocycles. The molecule has 120 valence electrons. The first-order chi connectivity index (χ1) is 11.1. The summed E-state index contributed by atoms with van der Waals surface area (Å²) >= 11 is 0. The van der Waals surface area contributed by atoms with Crippen LogP contribution < -0.4 is 15.2 Å². The van der Waals surface area contributed by atoms with Gasteiger partial charge in [-0.2, -0.15) is 0 Å². The van der Waals surface area contributed by atoms with E-state index in [4.69, 9.17) is 26.0 Å². The number of amidine groups is 1. The number of hydrogen-bond donors (Lipinski definition) is 3. The first kappa shape index (κ1) is 16.5. The van der Waals surface area contributed by atoms with Crippen LogP contribution in [-0.2, 0) is 0 Å². The summed E-state index contributed by atoms with van der Waals surface area (Å²) in [6, 6.07) is 14.6. The zero-order valence-electron chi connectivity index (χ0n) is 13.1. The first-order valence-corrected chi connectivity index (χ1v) is 7.42. The smallest absolute Gasteiger partial charge is 0.122 e. The van der Waals surface area contributed by atoms with E-state index in [1.54, 1.807) is 31.2 Å². The van der Waals surface area contributed by atoms with Gasteiger partial charge in [-0.1, -0.05) is 0 Å². The van der Waals surface area contributed by atoms with Crippen molar-refractivity contribution in [1.82, 2.24) is 0 Å². The van der Waals surface area contributed by atoms with Gasteiger partial charge in [-0.3, -0.25) is 5.41 Å². The number of hydrogen-bond acceptors (Lipinski definition) is 4. The Morgan fingerprint density at radius 1 is 0.826 bits per heavy atom. The average Bonchev–Trinajstić information content (AvgIpc) is 2.55. The lowest BCUT2D eigenvalue weighted by Crippen LogP contribution is -2.10. The third kappa shape index (κ3) is 5.14. The van der Waals surface area contributed by atoms with Gasteiger partial charge in [0.25, 0.3) is 0 Å². The standard InChI is InChI=1S/C18H21N3O2/c1-13(19)14-3-7-16(8-4-14)22-11-2-12-23-17-9-5-15(6-10-17)18(20)21/h3-10,19H,2,11-12H2,1H3,(H3,20,21).